The van der Waals surface area contributed by atoms with Gasteiger partial charge in [-0.3, -0.25) is 28.2 Å². The molecule has 1 saturated heterocycles. The van der Waals surface area contributed by atoms with E-state index < -0.39 is 11.2 Å². The Hall–Kier alpha value is -4.36. The van der Waals surface area contributed by atoms with Crippen LogP contribution in [0, 0.1) is 6.92 Å². The first-order valence-corrected chi connectivity index (χ1v) is 15.8. The van der Waals surface area contributed by atoms with Crippen molar-refractivity contribution in [3.8, 4) is 17.5 Å². The lowest BCUT2D eigenvalue weighted by molar-refractivity contribution is -0.113. The number of rotatable bonds is 7. The smallest absolute Gasteiger partial charge is 0.332 e. The zero-order chi connectivity index (χ0) is 32.9. The topological polar surface area (TPSA) is 101 Å². The van der Waals surface area contributed by atoms with E-state index in [-0.39, 0.29) is 35.4 Å². The van der Waals surface area contributed by atoms with Crippen molar-refractivity contribution >= 4 is 80.3 Å². The fraction of sp³-hybridized carbons (Fsp3) is 0.156. The van der Waals surface area contributed by atoms with E-state index in [1.807, 2.05) is 31.2 Å². The maximum atomic E-state index is 13.3. The normalized spacial score (nSPS) is 14.1. The van der Waals surface area contributed by atoms with Crippen molar-refractivity contribution in [2.24, 2.45) is 14.1 Å². The van der Waals surface area contributed by atoms with Gasteiger partial charge in [0.15, 0.2) is 27.0 Å². The SMILES string of the molecule is COc1cc(/C=C2/SC(=S)N(c3cccc(C)c3)C2=O)ccc1Oc1nc2c(c(=O)n(C)c(=O)n2C)n1Cc1ccc(Cl)cc1Cl. The Morgan fingerprint density at radius 3 is 2.48 bits per heavy atom. The molecule has 6 rings (SSSR count). The fourth-order valence-corrected chi connectivity index (χ4v) is 6.80. The molecule has 0 unspecified atom stereocenters. The number of imidazole rings is 1. The molecule has 1 amide bonds. The largest absolute Gasteiger partial charge is 0.493 e. The van der Waals surface area contributed by atoms with E-state index in [4.69, 9.17) is 44.9 Å². The minimum Gasteiger partial charge on any atom is -0.493 e. The first-order valence-electron chi connectivity index (χ1n) is 13.8. The van der Waals surface area contributed by atoms with E-state index >= 15 is 0 Å². The molecule has 0 radical (unpaired) electrons. The molecule has 0 saturated carbocycles. The minimum absolute atomic E-state index is 0.0318. The number of ether oxygens (including phenoxy) is 2. The molecule has 1 fully saturated rings. The van der Waals surface area contributed by atoms with Crippen molar-refractivity contribution in [3.63, 3.8) is 0 Å². The third-order valence-electron chi connectivity index (χ3n) is 7.40. The molecule has 0 atom stereocenters. The van der Waals surface area contributed by atoms with Crippen LogP contribution in [0.3, 0.4) is 0 Å². The average Bonchev–Trinajstić information content (AvgIpc) is 3.52. The Balaban J connectivity index is 1.38. The second kappa shape index (κ2) is 12.4. The Kier molecular flexibility index (Phi) is 8.55. The number of aryl methyl sites for hydroxylation is 2. The summed E-state index contributed by atoms with van der Waals surface area (Å²) in [5.74, 6) is 0.405. The van der Waals surface area contributed by atoms with Gasteiger partial charge in [0.2, 0.25) is 0 Å². The van der Waals surface area contributed by atoms with Crippen molar-refractivity contribution in [1.82, 2.24) is 18.7 Å². The highest BCUT2D eigenvalue weighted by Gasteiger charge is 2.33. The quantitative estimate of drug-likeness (QED) is 0.145. The number of hydrogen-bond donors (Lipinski definition) is 0. The van der Waals surface area contributed by atoms with Gasteiger partial charge in [0.25, 0.3) is 11.5 Å². The zero-order valence-electron chi connectivity index (χ0n) is 24.9. The first kappa shape index (κ1) is 31.6. The molecule has 46 heavy (non-hydrogen) atoms. The van der Waals surface area contributed by atoms with Gasteiger partial charge in [-0.2, -0.15) is 4.98 Å². The van der Waals surface area contributed by atoms with E-state index in [9.17, 15) is 14.4 Å². The monoisotopic (exact) mass is 693 g/mol. The summed E-state index contributed by atoms with van der Waals surface area (Å²) in [6.45, 7) is 2.05. The van der Waals surface area contributed by atoms with Crippen LogP contribution >= 0.6 is 47.2 Å². The molecule has 0 N–H and O–H groups in total. The predicted molar refractivity (Wildman–Crippen MR) is 186 cm³/mol. The van der Waals surface area contributed by atoms with E-state index in [2.05, 4.69) is 4.98 Å². The molecule has 0 aliphatic carbocycles. The number of thiocarbonyl (C=S) groups is 1. The second-order valence-corrected chi connectivity index (χ2v) is 13.0. The molecular formula is C32H25Cl2N5O5S2. The summed E-state index contributed by atoms with van der Waals surface area (Å²) >= 11 is 19.3. The number of nitrogens with zero attached hydrogens (tertiary/aromatic N) is 5. The van der Waals surface area contributed by atoms with Crippen LogP contribution in [0.5, 0.6) is 17.5 Å². The summed E-state index contributed by atoms with van der Waals surface area (Å²) in [7, 11) is 4.41. The van der Waals surface area contributed by atoms with Gasteiger partial charge in [0.05, 0.1) is 24.2 Å². The van der Waals surface area contributed by atoms with Crippen LogP contribution in [-0.4, -0.2) is 36.0 Å². The number of hydrogen-bond acceptors (Lipinski definition) is 8. The van der Waals surface area contributed by atoms with Crippen molar-refractivity contribution < 1.29 is 14.3 Å². The lowest BCUT2D eigenvalue weighted by Gasteiger charge is -2.15. The Labute approximate surface area is 282 Å². The summed E-state index contributed by atoms with van der Waals surface area (Å²) in [6.07, 6.45) is 1.73. The number of amides is 1. The number of methoxy groups -OCH3 is 1. The molecule has 1 aliphatic rings. The molecule has 3 heterocycles. The summed E-state index contributed by atoms with van der Waals surface area (Å²) in [4.78, 5) is 45.9. The third kappa shape index (κ3) is 5.73. The first-order chi connectivity index (χ1) is 22.0. The van der Waals surface area contributed by atoms with Crippen molar-refractivity contribution in [3.05, 3.63) is 113 Å². The average molecular weight is 695 g/mol. The van der Waals surface area contributed by atoms with Gasteiger partial charge in [-0.05, 0) is 66.1 Å². The van der Waals surface area contributed by atoms with Gasteiger partial charge in [0.1, 0.15) is 0 Å². The van der Waals surface area contributed by atoms with Gasteiger partial charge in [-0.15, -0.1) is 0 Å². The van der Waals surface area contributed by atoms with Crippen molar-refractivity contribution in [1.29, 1.82) is 0 Å². The van der Waals surface area contributed by atoms with Gasteiger partial charge >= 0.3 is 11.7 Å². The minimum atomic E-state index is -0.546. The molecule has 2 aromatic heterocycles. The fourth-order valence-electron chi connectivity index (χ4n) is 5.04. The maximum absolute atomic E-state index is 13.3. The summed E-state index contributed by atoms with van der Waals surface area (Å²) in [5, 5.41) is 0.845. The number of carbonyl (C=O) groups is 1. The molecule has 14 heteroatoms. The van der Waals surface area contributed by atoms with Crippen LogP contribution in [0.25, 0.3) is 17.2 Å². The molecule has 3 aromatic carbocycles. The van der Waals surface area contributed by atoms with Crippen LogP contribution in [0.4, 0.5) is 5.69 Å². The molecule has 234 valence electrons. The molecule has 0 bridgehead atoms. The van der Waals surface area contributed by atoms with Crippen molar-refractivity contribution in [2.75, 3.05) is 12.0 Å². The standard InChI is InChI=1S/C32H25Cl2N5O5S2/c1-17-6-5-7-21(12-17)39-28(40)25(46-32(39)45)14-18-8-11-23(24(13-18)43-4)44-30-35-27-26(29(41)37(3)31(42)36(27)2)38(30)16-19-9-10-20(33)15-22(19)34/h5-15H,16H2,1-4H3/b25-14+. The van der Waals surface area contributed by atoms with Crippen LogP contribution in [0.2, 0.25) is 10.0 Å². The lowest BCUT2D eigenvalue weighted by Crippen LogP contribution is -2.37. The van der Waals surface area contributed by atoms with E-state index in [1.165, 1.54) is 42.4 Å². The van der Waals surface area contributed by atoms with Crippen LogP contribution < -0.4 is 25.6 Å². The zero-order valence-corrected chi connectivity index (χ0v) is 28.1. The van der Waals surface area contributed by atoms with Crippen LogP contribution in [-0.2, 0) is 25.4 Å². The van der Waals surface area contributed by atoms with Crippen LogP contribution in [0.15, 0.2) is 75.2 Å². The van der Waals surface area contributed by atoms with Gasteiger partial charge in [0, 0.05) is 24.1 Å². The van der Waals surface area contributed by atoms with E-state index in [1.54, 1.807) is 47.0 Å². The Morgan fingerprint density at radius 1 is 0.978 bits per heavy atom. The number of halogens is 2. The van der Waals surface area contributed by atoms with Crippen molar-refractivity contribution in [2.45, 2.75) is 13.5 Å². The molecule has 10 nitrogen and oxygen atoms in total. The van der Waals surface area contributed by atoms with Gasteiger partial charge in [-0.1, -0.05) is 71.4 Å². The Bertz CT molecular complexity index is 2240. The number of fused-ring (bicyclic) bond motifs is 1. The summed E-state index contributed by atoms with van der Waals surface area (Å²) < 4.78 is 16.2. The number of carbonyl (C=O) groups excluding carboxylic acids is 1. The van der Waals surface area contributed by atoms with Gasteiger partial charge in [-0.25, -0.2) is 4.79 Å². The molecular weight excluding hydrogens is 669 g/mol. The van der Waals surface area contributed by atoms with E-state index in [0.29, 0.717) is 41.8 Å². The highest BCUT2D eigenvalue weighted by atomic mass is 35.5. The number of benzene rings is 3. The summed E-state index contributed by atoms with van der Waals surface area (Å²) in [6, 6.07) is 17.8. The Morgan fingerprint density at radius 2 is 1.76 bits per heavy atom. The second-order valence-electron chi connectivity index (χ2n) is 10.5. The van der Waals surface area contributed by atoms with Crippen LogP contribution in [0.1, 0.15) is 16.7 Å². The number of anilines is 1. The van der Waals surface area contributed by atoms with E-state index in [0.717, 1.165) is 10.1 Å². The predicted octanol–water partition coefficient (Wildman–Crippen LogP) is 6.30. The highest BCUT2D eigenvalue weighted by molar-refractivity contribution is 8.27. The molecule has 1 aliphatic heterocycles. The molecule has 5 aromatic rings. The molecule has 0 spiro atoms. The highest BCUT2D eigenvalue weighted by Crippen LogP contribution is 2.38. The third-order valence-corrected chi connectivity index (χ3v) is 9.29. The maximum Gasteiger partial charge on any atom is 0.332 e. The van der Waals surface area contributed by atoms with Gasteiger partial charge < -0.3 is 9.47 Å². The summed E-state index contributed by atoms with van der Waals surface area (Å²) in [5.41, 5.74) is 2.26. The lowest BCUT2D eigenvalue weighted by atomic mass is 10.1. The number of thioether (sulfide) groups is 1. The number of aromatic nitrogens is 4.